The molecule has 0 aliphatic carbocycles. The Balaban J connectivity index is 1.64. The maximum Gasteiger partial charge on any atom is 0.223 e. The molecule has 1 aromatic heterocycles. The van der Waals surface area contributed by atoms with Crippen LogP contribution in [0.5, 0.6) is 0 Å². The van der Waals surface area contributed by atoms with E-state index in [-0.39, 0.29) is 42.2 Å². The maximum atomic E-state index is 14.3. The monoisotopic (exact) mass is 396 g/mol. The Morgan fingerprint density at radius 3 is 2.85 bits per heavy atom. The van der Waals surface area contributed by atoms with Crippen molar-refractivity contribution in [3.63, 3.8) is 0 Å². The number of carbonyl (C=O) groups excluding carboxylic acids is 1. The van der Waals surface area contributed by atoms with Gasteiger partial charge in [0.25, 0.3) is 0 Å². The average Bonchev–Trinajstić information content (AvgIpc) is 2.61. The van der Waals surface area contributed by atoms with Gasteiger partial charge in [-0.05, 0) is 37.2 Å². The highest BCUT2D eigenvalue weighted by atomic mass is 32.2. The summed E-state index contributed by atoms with van der Waals surface area (Å²) in [4.78, 5) is 20.5. The van der Waals surface area contributed by atoms with E-state index in [4.69, 9.17) is 0 Å². The molecule has 1 aromatic rings. The van der Waals surface area contributed by atoms with Crippen LogP contribution in [-0.2, 0) is 14.8 Å². The zero-order valence-electron chi connectivity index (χ0n) is 15.3. The van der Waals surface area contributed by atoms with Gasteiger partial charge < -0.3 is 9.80 Å². The molecule has 0 saturated carbocycles. The number of hydrogen-bond acceptors (Lipinski definition) is 5. The van der Waals surface area contributed by atoms with Crippen LogP contribution >= 0.6 is 0 Å². The van der Waals surface area contributed by atoms with E-state index in [0.717, 1.165) is 25.5 Å². The quantitative estimate of drug-likeness (QED) is 0.820. The van der Waals surface area contributed by atoms with Gasteiger partial charge in [-0.2, -0.15) is 0 Å². The zero-order chi connectivity index (χ0) is 19.2. The van der Waals surface area contributed by atoms with Crippen molar-refractivity contribution in [1.82, 2.24) is 14.6 Å². The second kappa shape index (κ2) is 7.01. The van der Waals surface area contributed by atoms with Crippen LogP contribution in [0.25, 0.3) is 0 Å². The first-order valence-electron chi connectivity index (χ1n) is 9.44. The van der Waals surface area contributed by atoms with Gasteiger partial charge in [0.15, 0.2) is 5.82 Å². The lowest BCUT2D eigenvalue weighted by molar-refractivity contribution is -0.148. The lowest BCUT2D eigenvalue weighted by Gasteiger charge is -2.57. The molecule has 148 valence electrons. The zero-order valence-corrected chi connectivity index (χ0v) is 16.2. The van der Waals surface area contributed by atoms with Crippen molar-refractivity contribution >= 4 is 21.6 Å². The molecule has 27 heavy (non-hydrogen) atoms. The summed E-state index contributed by atoms with van der Waals surface area (Å²) in [5.41, 5.74) is 0.533. The molecule has 0 spiro atoms. The number of piperidine rings is 3. The highest BCUT2D eigenvalue weighted by molar-refractivity contribution is 7.88. The molecule has 0 aromatic carbocycles. The molecule has 7 nitrogen and oxygen atoms in total. The number of amides is 1. The van der Waals surface area contributed by atoms with Gasteiger partial charge in [0.05, 0.1) is 24.2 Å². The highest BCUT2D eigenvalue weighted by Gasteiger charge is 2.49. The van der Waals surface area contributed by atoms with E-state index in [0.29, 0.717) is 25.2 Å². The Labute approximate surface area is 159 Å². The van der Waals surface area contributed by atoms with E-state index in [1.165, 1.54) is 6.20 Å². The number of hydrogen-bond donors (Lipinski definition) is 1. The van der Waals surface area contributed by atoms with Crippen molar-refractivity contribution in [1.29, 1.82) is 0 Å². The lowest BCUT2D eigenvalue weighted by atomic mass is 9.72. The number of pyridine rings is 1. The predicted octanol–water partition coefficient (Wildman–Crippen LogP) is 0.976. The molecule has 9 heteroatoms. The highest BCUT2D eigenvalue weighted by Crippen LogP contribution is 2.42. The maximum absolute atomic E-state index is 14.3. The third-order valence-electron chi connectivity index (χ3n) is 6.14. The normalized spacial score (nSPS) is 31.0. The summed E-state index contributed by atoms with van der Waals surface area (Å²) >= 11 is 0. The second-order valence-electron chi connectivity index (χ2n) is 7.94. The minimum absolute atomic E-state index is 0.0987. The minimum atomic E-state index is -3.35. The number of sulfonamides is 1. The number of aromatic nitrogens is 1. The van der Waals surface area contributed by atoms with Gasteiger partial charge in [-0.15, -0.1) is 0 Å². The summed E-state index contributed by atoms with van der Waals surface area (Å²) in [6.07, 6.45) is 7.18. The van der Waals surface area contributed by atoms with Crippen molar-refractivity contribution in [3.05, 3.63) is 24.3 Å². The van der Waals surface area contributed by atoms with Crippen LogP contribution < -0.4 is 9.62 Å². The van der Waals surface area contributed by atoms with Gasteiger partial charge in [-0.25, -0.2) is 17.5 Å². The Morgan fingerprint density at radius 2 is 2.11 bits per heavy atom. The first-order valence-corrected chi connectivity index (χ1v) is 11.3. The molecule has 1 amide bonds. The number of rotatable bonds is 4. The Kier molecular flexibility index (Phi) is 4.84. The SMILES string of the molecule is CS(=O)(=O)NC[C@H]1[C@H]2C[C@H](CN(c3ccncc3F)C2)[C@@H]2CCCC(=O)N21. The van der Waals surface area contributed by atoms with Crippen molar-refractivity contribution in [2.24, 2.45) is 11.8 Å². The molecule has 2 bridgehead atoms. The lowest BCUT2D eigenvalue weighted by Crippen LogP contribution is -2.67. The molecule has 3 fully saturated rings. The van der Waals surface area contributed by atoms with Crippen molar-refractivity contribution in [2.75, 3.05) is 30.8 Å². The Morgan fingerprint density at radius 1 is 1.33 bits per heavy atom. The largest absolute Gasteiger partial charge is 0.368 e. The molecule has 4 heterocycles. The van der Waals surface area contributed by atoms with Gasteiger partial charge in [-0.1, -0.05) is 0 Å². The van der Waals surface area contributed by atoms with Crippen LogP contribution in [0, 0.1) is 17.7 Å². The van der Waals surface area contributed by atoms with Gasteiger partial charge in [0.1, 0.15) is 0 Å². The fourth-order valence-electron chi connectivity index (χ4n) is 5.10. The van der Waals surface area contributed by atoms with E-state index in [1.54, 1.807) is 12.3 Å². The van der Waals surface area contributed by atoms with Crippen LogP contribution in [0.15, 0.2) is 18.5 Å². The van der Waals surface area contributed by atoms with Gasteiger partial charge >= 0.3 is 0 Å². The van der Waals surface area contributed by atoms with Crippen LogP contribution in [0.1, 0.15) is 25.7 Å². The third-order valence-corrected chi connectivity index (χ3v) is 6.83. The molecule has 3 saturated heterocycles. The number of nitrogens with one attached hydrogen (secondary N) is 1. The minimum Gasteiger partial charge on any atom is -0.368 e. The second-order valence-corrected chi connectivity index (χ2v) is 9.77. The molecule has 4 atom stereocenters. The number of halogens is 1. The summed E-state index contributed by atoms with van der Waals surface area (Å²) in [7, 11) is -3.35. The summed E-state index contributed by atoms with van der Waals surface area (Å²) in [5, 5.41) is 0. The smallest absolute Gasteiger partial charge is 0.223 e. The molecule has 0 radical (unpaired) electrons. The molecule has 0 unspecified atom stereocenters. The molecule has 1 N–H and O–H groups in total. The van der Waals surface area contributed by atoms with Crippen molar-refractivity contribution in [2.45, 2.75) is 37.8 Å². The van der Waals surface area contributed by atoms with Crippen molar-refractivity contribution in [3.8, 4) is 0 Å². The average molecular weight is 396 g/mol. The van der Waals surface area contributed by atoms with E-state index in [2.05, 4.69) is 9.71 Å². The molecular formula is C18H25FN4O3S. The summed E-state index contributed by atoms with van der Waals surface area (Å²) < 4.78 is 40.2. The van der Waals surface area contributed by atoms with E-state index in [1.807, 2.05) is 9.80 Å². The molecule has 3 aliphatic heterocycles. The standard InChI is InChI=1S/C18H25FN4O3S/c1-27(25,26)21-9-17-13-7-12(15-3-2-4-18(24)23(15)17)10-22(11-13)16-5-6-20-8-14(16)19/h5-6,8,12-13,15,17,21H,2-4,7,9-11H2,1H3/t12-,13+,15+,17+/m1/s1. The first kappa shape index (κ1) is 18.6. The molecule has 3 aliphatic rings. The van der Waals surface area contributed by atoms with E-state index in [9.17, 15) is 17.6 Å². The topological polar surface area (TPSA) is 82.6 Å². The molecular weight excluding hydrogens is 371 g/mol. The fourth-order valence-corrected chi connectivity index (χ4v) is 5.57. The predicted molar refractivity (Wildman–Crippen MR) is 99.1 cm³/mol. The van der Waals surface area contributed by atoms with Crippen LogP contribution in [0.4, 0.5) is 10.1 Å². The Bertz CT molecular complexity index is 834. The summed E-state index contributed by atoms with van der Waals surface area (Å²) in [5.74, 6) is 0.142. The van der Waals surface area contributed by atoms with Crippen LogP contribution in [0.3, 0.4) is 0 Å². The fraction of sp³-hybridized carbons (Fsp3) is 0.667. The number of carbonyl (C=O) groups is 1. The van der Waals surface area contributed by atoms with Crippen LogP contribution in [-0.4, -0.2) is 62.2 Å². The Hall–Kier alpha value is -1.74. The van der Waals surface area contributed by atoms with Crippen molar-refractivity contribution < 1.29 is 17.6 Å². The van der Waals surface area contributed by atoms with Gasteiger partial charge in [0, 0.05) is 38.3 Å². The summed E-state index contributed by atoms with van der Waals surface area (Å²) in [6, 6.07) is 1.59. The summed E-state index contributed by atoms with van der Waals surface area (Å²) in [6.45, 7) is 1.52. The van der Waals surface area contributed by atoms with Crippen LogP contribution in [0.2, 0.25) is 0 Å². The van der Waals surface area contributed by atoms with E-state index < -0.39 is 10.0 Å². The number of nitrogens with zero attached hydrogens (tertiary/aromatic N) is 3. The van der Waals surface area contributed by atoms with Gasteiger partial charge in [0.2, 0.25) is 15.9 Å². The first-order chi connectivity index (χ1) is 12.8. The molecule has 4 rings (SSSR count). The van der Waals surface area contributed by atoms with Gasteiger partial charge in [-0.3, -0.25) is 9.78 Å². The third kappa shape index (κ3) is 3.67. The number of fused-ring (bicyclic) bond motifs is 4. The van der Waals surface area contributed by atoms with E-state index >= 15 is 0 Å². The number of anilines is 1.